The van der Waals surface area contributed by atoms with Crippen LogP contribution >= 0.6 is 0 Å². The molecule has 3 aromatic rings. The first-order valence-corrected chi connectivity index (χ1v) is 9.51. The summed E-state index contributed by atoms with van der Waals surface area (Å²) >= 11 is 0. The molecule has 0 fully saturated rings. The number of hydrogen-bond donors (Lipinski definition) is 4. The number of aromatic nitrogens is 1. The molecule has 3 rings (SSSR count). The van der Waals surface area contributed by atoms with Gasteiger partial charge in [-0.3, -0.25) is 9.59 Å². The van der Waals surface area contributed by atoms with E-state index >= 15 is 0 Å². The lowest BCUT2D eigenvalue weighted by Gasteiger charge is -2.08. The first-order chi connectivity index (χ1) is 14.8. The van der Waals surface area contributed by atoms with E-state index in [1.807, 2.05) is 19.1 Å². The number of nitrogens with two attached hydrogens (primary N) is 1. The van der Waals surface area contributed by atoms with Crippen LogP contribution in [0.3, 0.4) is 0 Å². The van der Waals surface area contributed by atoms with Crippen molar-refractivity contribution in [2.24, 2.45) is 15.9 Å². The molecule has 1 aromatic heterocycles. The Morgan fingerprint density at radius 3 is 2.32 bits per heavy atom. The number of ether oxygens (including phenoxy) is 1. The Kier molecular flexibility index (Phi) is 6.35. The number of amides is 2. The molecular weight excluding hydrogens is 396 g/mol. The number of nitrogens with one attached hydrogen (secondary N) is 3. The maximum atomic E-state index is 12.7. The Hall–Kier alpha value is -4.14. The molecule has 1 heterocycles. The molecule has 9 nitrogen and oxygen atoms in total. The first-order valence-electron chi connectivity index (χ1n) is 9.51. The summed E-state index contributed by atoms with van der Waals surface area (Å²) in [7, 11) is 1.52. The van der Waals surface area contributed by atoms with Gasteiger partial charge in [0.25, 0.3) is 5.91 Å². The summed E-state index contributed by atoms with van der Waals surface area (Å²) in [4.78, 5) is 27.2. The van der Waals surface area contributed by atoms with Gasteiger partial charge >= 0.3 is 0 Å². The number of aromatic amines is 1. The number of rotatable bonds is 6. The Bertz CT molecular complexity index is 1190. The van der Waals surface area contributed by atoms with Gasteiger partial charge in [0.15, 0.2) is 0 Å². The molecule has 0 saturated heterocycles. The summed E-state index contributed by atoms with van der Waals surface area (Å²) in [6.45, 7) is 4.91. The summed E-state index contributed by atoms with van der Waals surface area (Å²) in [5.74, 6) is 0.382. The van der Waals surface area contributed by atoms with Gasteiger partial charge in [0, 0.05) is 23.5 Å². The van der Waals surface area contributed by atoms with Gasteiger partial charge in [0.1, 0.15) is 17.3 Å². The molecule has 0 unspecified atom stereocenters. The Morgan fingerprint density at radius 1 is 1.00 bits per heavy atom. The van der Waals surface area contributed by atoms with E-state index in [1.54, 1.807) is 37.3 Å². The third kappa shape index (κ3) is 5.27. The van der Waals surface area contributed by atoms with E-state index in [1.165, 1.54) is 14.0 Å². The summed E-state index contributed by atoms with van der Waals surface area (Å²) in [5, 5.41) is 14.2. The van der Waals surface area contributed by atoms with E-state index < -0.39 is 0 Å². The predicted molar refractivity (Wildman–Crippen MR) is 123 cm³/mol. The molecule has 0 aliphatic rings. The van der Waals surface area contributed by atoms with E-state index in [0.29, 0.717) is 39.9 Å². The molecule has 9 heteroatoms. The van der Waals surface area contributed by atoms with Crippen LogP contribution < -0.4 is 21.1 Å². The molecule has 0 radical (unpaired) electrons. The molecule has 5 N–H and O–H groups in total. The minimum atomic E-state index is -0.294. The van der Waals surface area contributed by atoms with Crippen LogP contribution in [0.2, 0.25) is 0 Å². The molecule has 0 aliphatic carbocycles. The SMILES string of the molecule is COc1cc2cc(C(=O)Nc3ccc(/C(C)=N/N=C(C)N)cc3)[nH]c2cc1NC(C)=O. The Balaban J connectivity index is 1.79. The number of nitrogens with zero attached hydrogens (tertiary/aromatic N) is 2. The molecule has 2 aromatic carbocycles. The van der Waals surface area contributed by atoms with Crippen LogP contribution in [0, 0.1) is 0 Å². The zero-order chi connectivity index (χ0) is 22.5. The third-order valence-corrected chi connectivity index (χ3v) is 4.41. The van der Waals surface area contributed by atoms with Crippen molar-refractivity contribution >= 4 is 45.6 Å². The van der Waals surface area contributed by atoms with Crippen LogP contribution in [0.5, 0.6) is 5.75 Å². The summed E-state index contributed by atoms with van der Waals surface area (Å²) < 4.78 is 5.33. The Morgan fingerprint density at radius 2 is 1.71 bits per heavy atom. The second-order valence-electron chi connectivity index (χ2n) is 6.96. The Labute approximate surface area is 179 Å². The average Bonchev–Trinajstić information content (AvgIpc) is 3.14. The van der Waals surface area contributed by atoms with Crippen molar-refractivity contribution in [3.8, 4) is 5.75 Å². The molecule has 0 atom stereocenters. The van der Waals surface area contributed by atoms with Crippen molar-refractivity contribution in [2.45, 2.75) is 20.8 Å². The number of methoxy groups -OCH3 is 1. The molecule has 0 saturated carbocycles. The van der Waals surface area contributed by atoms with Crippen LogP contribution in [-0.4, -0.2) is 35.5 Å². The molecule has 160 valence electrons. The molecule has 0 aliphatic heterocycles. The van der Waals surface area contributed by atoms with E-state index in [0.717, 1.165) is 10.9 Å². The van der Waals surface area contributed by atoms with Crippen LogP contribution in [0.1, 0.15) is 36.8 Å². The number of amidine groups is 1. The second-order valence-corrected chi connectivity index (χ2v) is 6.96. The van der Waals surface area contributed by atoms with Gasteiger partial charge in [-0.1, -0.05) is 12.1 Å². The van der Waals surface area contributed by atoms with Crippen molar-refractivity contribution in [3.05, 3.63) is 53.7 Å². The molecule has 0 bridgehead atoms. The molecular formula is C22H24N6O3. The lowest BCUT2D eigenvalue weighted by molar-refractivity contribution is -0.114. The number of benzene rings is 2. The second kappa shape index (κ2) is 9.12. The zero-order valence-electron chi connectivity index (χ0n) is 17.7. The maximum Gasteiger partial charge on any atom is 0.272 e. The number of carbonyl (C=O) groups is 2. The lowest BCUT2D eigenvalue weighted by atomic mass is 10.1. The van der Waals surface area contributed by atoms with Crippen LogP contribution in [0.4, 0.5) is 11.4 Å². The van der Waals surface area contributed by atoms with Gasteiger partial charge in [-0.2, -0.15) is 5.10 Å². The van der Waals surface area contributed by atoms with Crippen molar-refractivity contribution in [2.75, 3.05) is 17.7 Å². The topological polar surface area (TPSA) is 134 Å². The fraction of sp³-hybridized carbons (Fsp3) is 0.182. The summed E-state index contributed by atoms with van der Waals surface area (Å²) in [6, 6.07) is 12.5. The van der Waals surface area contributed by atoms with Gasteiger partial charge in [-0.15, -0.1) is 5.10 Å². The zero-order valence-corrected chi connectivity index (χ0v) is 17.7. The quantitative estimate of drug-likeness (QED) is 0.276. The fourth-order valence-electron chi connectivity index (χ4n) is 2.94. The molecule has 0 spiro atoms. The van der Waals surface area contributed by atoms with Gasteiger partial charge in [-0.05, 0) is 49.7 Å². The fourth-order valence-corrected chi connectivity index (χ4v) is 2.94. The van der Waals surface area contributed by atoms with Crippen LogP contribution in [0.25, 0.3) is 10.9 Å². The van der Waals surface area contributed by atoms with Gasteiger partial charge in [-0.25, -0.2) is 0 Å². The number of anilines is 2. The lowest BCUT2D eigenvalue weighted by Crippen LogP contribution is -2.12. The first kappa shape index (κ1) is 21.6. The molecule has 31 heavy (non-hydrogen) atoms. The number of carbonyl (C=O) groups excluding carboxylic acids is 2. The number of hydrogen-bond acceptors (Lipinski definition) is 5. The van der Waals surface area contributed by atoms with Crippen molar-refractivity contribution in [1.82, 2.24) is 4.98 Å². The van der Waals surface area contributed by atoms with Crippen LogP contribution in [-0.2, 0) is 4.79 Å². The van der Waals surface area contributed by atoms with E-state index in [-0.39, 0.29) is 11.8 Å². The average molecular weight is 420 g/mol. The largest absolute Gasteiger partial charge is 0.495 e. The van der Waals surface area contributed by atoms with Gasteiger partial charge in [0.05, 0.1) is 18.5 Å². The monoisotopic (exact) mass is 420 g/mol. The minimum Gasteiger partial charge on any atom is -0.495 e. The number of H-pyrrole nitrogens is 1. The normalized spacial score (nSPS) is 12.0. The summed E-state index contributed by atoms with van der Waals surface area (Å²) in [5.41, 5.74) is 9.31. The van der Waals surface area contributed by atoms with E-state index in [2.05, 4.69) is 25.8 Å². The highest BCUT2D eigenvalue weighted by Gasteiger charge is 2.13. The van der Waals surface area contributed by atoms with Crippen molar-refractivity contribution < 1.29 is 14.3 Å². The van der Waals surface area contributed by atoms with Crippen molar-refractivity contribution in [1.29, 1.82) is 0 Å². The van der Waals surface area contributed by atoms with Gasteiger partial charge < -0.3 is 26.1 Å². The van der Waals surface area contributed by atoms with E-state index in [4.69, 9.17) is 10.5 Å². The van der Waals surface area contributed by atoms with Crippen molar-refractivity contribution in [3.63, 3.8) is 0 Å². The smallest absolute Gasteiger partial charge is 0.272 e. The maximum absolute atomic E-state index is 12.7. The van der Waals surface area contributed by atoms with Gasteiger partial charge in [0.2, 0.25) is 5.91 Å². The third-order valence-electron chi connectivity index (χ3n) is 4.41. The highest BCUT2D eigenvalue weighted by molar-refractivity contribution is 6.07. The van der Waals surface area contributed by atoms with Crippen LogP contribution in [0.15, 0.2) is 52.7 Å². The molecule has 2 amide bonds. The highest BCUT2D eigenvalue weighted by atomic mass is 16.5. The standard InChI is InChI=1S/C22H24N6O3/c1-12(27-28-13(2)23)15-5-7-17(8-6-15)25-22(30)20-9-16-10-21(31-4)19(24-14(3)29)11-18(16)26-20/h5-11,26H,1-4H3,(H2,23,28)(H,24,29)(H,25,30)/b27-12+. The highest BCUT2D eigenvalue weighted by Crippen LogP contribution is 2.30. The summed E-state index contributed by atoms with van der Waals surface area (Å²) in [6.07, 6.45) is 0. The van der Waals surface area contributed by atoms with E-state index in [9.17, 15) is 9.59 Å². The minimum absolute atomic E-state index is 0.212. The predicted octanol–water partition coefficient (Wildman–Crippen LogP) is 3.49. The number of fused-ring (bicyclic) bond motifs is 1.